The van der Waals surface area contributed by atoms with E-state index in [1.807, 2.05) is 19.9 Å². The van der Waals surface area contributed by atoms with Crippen molar-refractivity contribution in [1.82, 2.24) is 0 Å². The summed E-state index contributed by atoms with van der Waals surface area (Å²) in [6.45, 7) is 9.23. The van der Waals surface area contributed by atoms with Crippen LogP contribution in [0.15, 0.2) is 48.1 Å². The molecule has 11 nitrogen and oxygen atoms in total. The highest BCUT2D eigenvalue weighted by molar-refractivity contribution is 5.83. The number of aliphatic hydroxyl groups is 2. The zero-order valence-corrected chi connectivity index (χ0v) is 26.0. The lowest BCUT2D eigenvalue weighted by atomic mass is 9.51. The average molecular weight is 617 g/mol. The number of hydrogen-bond acceptors (Lipinski definition) is 11. The molecule has 1 saturated carbocycles. The lowest BCUT2D eigenvalue weighted by molar-refractivity contribution is -0.242. The molecule has 0 unspecified atom stereocenters. The second-order valence-electron chi connectivity index (χ2n) is 12.9. The third-order valence-electron chi connectivity index (χ3n) is 10.4. The maximum Gasteiger partial charge on any atom is 0.335 e. The van der Waals surface area contributed by atoms with Crippen LogP contribution >= 0.6 is 0 Å². The van der Waals surface area contributed by atoms with Gasteiger partial charge in [-0.25, -0.2) is 14.4 Å². The molecule has 3 aliphatic heterocycles. The summed E-state index contributed by atoms with van der Waals surface area (Å²) in [4.78, 5) is 39.1. The Morgan fingerprint density at radius 2 is 1.95 bits per heavy atom. The number of carbonyl (C=O) groups excluding carboxylic acids is 3. The van der Waals surface area contributed by atoms with Gasteiger partial charge in [-0.15, -0.1) is 0 Å². The predicted octanol–water partition coefficient (Wildman–Crippen LogP) is 2.49. The molecule has 5 rings (SSSR count). The number of epoxide rings is 1. The van der Waals surface area contributed by atoms with Crippen molar-refractivity contribution in [3.63, 3.8) is 0 Å². The first-order valence-electron chi connectivity index (χ1n) is 15.4. The van der Waals surface area contributed by atoms with Gasteiger partial charge in [0, 0.05) is 31.6 Å². The summed E-state index contributed by atoms with van der Waals surface area (Å²) in [6, 6.07) is 0. The van der Waals surface area contributed by atoms with Crippen molar-refractivity contribution in [2.24, 2.45) is 16.7 Å². The van der Waals surface area contributed by atoms with Crippen molar-refractivity contribution < 1.29 is 53.0 Å². The molecule has 0 aromatic rings. The van der Waals surface area contributed by atoms with Crippen LogP contribution in [-0.4, -0.2) is 96.3 Å². The van der Waals surface area contributed by atoms with Crippen LogP contribution in [0.4, 0.5) is 0 Å². The third-order valence-corrected chi connectivity index (χ3v) is 10.4. The summed E-state index contributed by atoms with van der Waals surface area (Å²) in [5, 5.41) is 21.0. The molecule has 0 aromatic heterocycles. The first-order valence-corrected chi connectivity index (χ1v) is 15.4. The van der Waals surface area contributed by atoms with Crippen LogP contribution in [0.1, 0.15) is 53.9 Å². The van der Waals surface area contributed by atoms with Crippen LogP contribution in [0.2, 0.25) is 0 Å². The first-order chi connectivity index (χ1) is 20.9. The molecule has 44 heavy (non-hydrogen) atoms. The van der Waals surface area contributed by atoms with Gasteiger partial charge in [-0.05, 0) is 38.7 Å². The maximum atomic E-state index is 13.3. The second kappa shape index (κ2) is 12.5. The summed E-state index contributed by atoms with van der Waals surface area (Å²) in [7, 11) is 0. The van der Waals surface area contributed by atoms with Gasteiger partial charge in [-0.2, -0.15) is 0 Å². The van der Waals surface area contributed by atoms with Crippen LogP contribution in [0.5, 0.6) is 0 Å². The predicted molar refractivity (Wildman–Crippen MR) is 156 cm³/mol. The molecule has 3 heterocycles. The van der Waals surface area contributed by atoms with Gasteiger partial charge in [-0.1, -0.05) is 44.2 Å². The van der Waals surface area contributed by atoms with Crippen molar-refractivity contribution >= 4 is 17.9 Å². The molecule has 2 bridgehead atoms. The zero-order chi connectivity index (χ0) is 31.9. The van der Waals surface area contributed by atoms with Gasteiger partial charge in [0.2, 0.25) is 0 Å². The van der Waals surface area contributed by atoms with E-state index in [1.165, 1.54) is 18.2 Å². The SMILES string of the molecule is C/C=C/C(=O)O[C@H]1C[C@@]23COC(=O)[C@@H](O)[C@@H](C)CCO[C@@H]([C@H](C)O)/C=C\C=C/C(=O)O[C@@H]4C[C@@H](O[C@@H]2C=C1C)[C@@]1(CO1)[C@]43C. The highest BCUT2D eigenvalue weighted by Gasteiger charge is 2.83. The van der Waals surface area contributed by atoms with Crippen molar-refractivity contribution in [2.75, 3.05) is 19.8 Å². The van der Waals surface area contributed by atoms with Crippen molar-refractivity contribution in [2.45, 2.75) is 102 Å². The maximum absolute atomic E-state index is 13.3. The molecule has 0 radical (unpaired) electrons. The molecule has 2 saturated heterocycles. The van der Waals surface area contributed by atoms with E-state index in [-0.39, 0.29) is 25.7 Å². The van der Waals surface area contributed by atoms with Gasteiger partial charge in [0.05, 0.1) is 35.7 Å². The lowest BCUT2D eigenvalue weighted by Gasteiger charge is -2.59. The molecule has 11 heteroatoms. The average Bonchev–Trinajstić information content (AvgIpc) is 3.75. The monoisotopic (exact) mass is 616 g/mol. The van der Waals surface area contributed by atoms with E-state index in [2.05, 4.69) is 0 Å². The minimum atomic E-state index is -1.44. The topological polar surface area (TPSA) is 150 Å². The lowest BCUT2D eigenvalue weighted by Crippen LogP contribution is -2.68. The molecular weight excluding hydrogens is 572 g/mol. The van der Waals surface area contributed by atoms with Crippen molar-refractivity contribution in [3.8, 4) is 0 Å². The Labute approximate surface area is 257 Å². The van der Waals surface area contributed by atoms with E-state index in [0.717, 1.165) is 5.57 Å². The van der Waals surface area contributed by atoms with Gasteiger partial charge < -0.3 is 38.6 Å². The highest BCUT2D eigenvalue weighted by Crippen LogP contribution is 2.72. The summed E-state index contributed by atoms with van der Waals surface area (Å²) in [5.41, 5.74) is -1.95. The van der Waals surface area contributed by atoms with Gasteiger partial charge in [0.15, 0.2) is 6.10 Å². The van der Waals surface area contributed by atoms with Crippen molar-refractivity contribution in [3.05, 3.63) is 48.1 Å². The molecule has 2 N–H and O–H groups in total. The molecule has 242 valence electrons. The third kappa shape index (κ3) is 5.58. The zero-order valence-electron chi connectivity index (χ0n) is 26.0. The van der Waals surface area contributed by atoms with Gasteiger partial charge in [0.1, 0.15) is 30.5 Å². The quantitative estimate of drug-likeness (QED) is 0.158. The number of esters is 3. The van der Waals surface area contributed by atoms with Crippen LogP contribution in [0, 0.1) is 16.7 Å². The number of carbonyl (C=O) groups is 3. The summed E-state index contributed by atoms with van der Waals surface area (Å²) >= 11 is 0. The second-order valence-corrected chi connectivity index (χ2v) is 12.9. The van der Waals surface area contributed by atoms with Crippen LogP contribution < -0.4 is 0 Å². The molecule has 5 aliphatic rings. The number of allylic oxidation sites excluding steroid dienone is 3. The molecule has 2 spiro atoms. The standard InChI is InChI=1S/C33H44O11/c1-6-9-27(35)42-23-16-32-17-40-30(38)29(37)19(2)12-13-39-22(21(4)34)10-7-8-11-28(36)44-24-15-26(43-25(32)14-20(23)3)33(18-41-33)31(24,32)5/h6-11,14,19,21-26,29,34,37H,12-13,15-18H2,1-5H3/b9-6+,10-7-,11-8-/t19-,21-,22+,23-,24+,25+,26+,29-,31+,32+,33-/m0/s1. The van der Waals surface area contributed by atoms with Gasteiger partial charge >= 0.3 is 17.9 Å². The highest BCUT2D eigenvalue weighted by atomic mass is 16.6. The normalized spacial score (nSPS) is 44.8. The fraction of sp³-hybridized carbons (Fsp3) is 0.667. The Morgan fingerprint density at radius 1 is 1.20 bits per heavy atom. The van der Waals surface area contributed by atoms with Crippen LogP contribution in [0.25, 0.3) is 0 Å². The number of aliphatic hydroxyl groups excluding tert-OH is 2. The Hall–Kier alpha value is -2.83. The van der Waals surface area contributed by atoms with Crippen LogP contribution in [0.3, 0.4) is 0 Å². The summed E-state index contributed by atoms with van der Waals surface area (Å²) in [6.07, 6.45) is 6.62. The summed E-state index contributed by atoms with van der Waals surface area (Å²) < 4.78 is 36.5. The molecule has 3 fully saturated rings. The molecule has 0 amide bonds. The number of rotatable bonds is 3. The molecule has 2 aliphatic carbocycles. The van der Waals surface area contributed by atoms with Gasteiger partial charge in [-0.3, -0.25) is 0 Å². The fourth-order valence-electron chi connectivity index (χ4n) is 7.48. The number of cyclic esters (lactones) is 1. The number of hydrogen-bond donors (Lipinski definition) is 2. The molecule has 11 atom stereocenters. The van der Waals surface area contributed by atoms with E-state index in [9.17, 15) is 24.6 Å². The minimum Gasteiger partial charge on any atom is -0.463 e. The largest absolute Gasteiger partial charge is 0.463 e. The van der Waals surface area contributed by atoms with E-state index >= 15 is 0 Å². The van der Waals surface area contributed by atoms with E-state index < -0.39 is 76.9 Å². The molecule has 0 aromatic carbocycles. The van der Waals surface area contributed by atoms with Crippen LogP contribution in [-0.2, 0) is 42.8 Å². The molecular formula is C33H44O11. The van der Waals surface area contributed by atoms with Gasteiger partial charge in [0.25, 0.3) is 0 Å². The Morgan fingerprint density at radius 3 is 2.64 bits per heavy atom. The Bertz CT molecular complexity index is 1250. The number of ether oxygens (including phenoxy) is 6. The first kappa shape index (κ1) is 32.6. The Balaban J connectivity index is 1.55. The smallest absolute Gasteiger partial charge is 0.335 e. The van der Waals surface area contributed by atoms with Crippen molar-refractivity contribution in [1.29, 1.82) is 0 Å². The Kier molecular flexibility index (Phi) is 9.26. The van der Waals surface area contributed by atoms with E-state index in [0.29, 0.717) is 19.4 Å². The van der Waals surface area contributed by atoms with E-state index in [4.69, 9.17) is 28.4 Å². The minimum absolute atomic E-state index is 0.168. The summed E-state index contributed by atoms with van der Waals surface area (Å²) in [5.74, 6) is -2.40. The fourth-order valence-corrected chi connectivity index (χ4v) is 7.48. The van der Waals surface area contributed by atoms with E-state index in [1.54, 1.807) is 39.0 Å².